The van der Waals surface area contributed by atoms with Crippen LogP contribution in [0.2, 0.25) is 0 Å². The molecule has 76 valence electrons. The lowest BCUT2D eigenvalue weighted by Crippen LogP contribution is -2.40. The van der Waals surface area contributed by atoms with Gasteiger partial charge >= 0.3 is 0 Å². The Kier molecular flexibility index (Phi) is 4.90. The number of hydrogen-bond acceptors (Lipinski definition) is 2. The zero-order valence-electron chi connectivity index (χ0n) is 8.10. The van der Waals surface area contributed by atoms with E-state index in [4.69, 9.17) is 0 Å². The van der Waals surface area contributed by atoms with E-state index < -0.39 is 10.2 Å². The summed E-state index contributed by atoms with van der Waals surface area (Å²) in [6.07, 6.45) is 3.09. The van der Waals surface area contributed by atoms with Crippen molar-refractivity contribution in [1.82, 2.24) is 8.61 Å². The van der Waals surface area contributed by atoms with Gasteiger partial charge in [-0.2, -0.15) is 17.0 Å². The average Bonchev–Trinajstić information content (AvgIpc) is 2.03. The summed E-state index contributed by atoms with van der Waals surface area (Å²) in [5.41, 5.74) is 0. The largest absolute Gasteiger partial charge is 0.282 e. The third-order valence-electron chi connectivity index (χ3n) is 1.45. The lowest BCUT2D eigenvalue weighted by Gasteiger charge is -2.22. The Hall–Kier alpha value is -0.650. The number of hydrogen-bond donors (Lipinski definition) is 0. The molecule has 0 radical (unpaired) electrons. The minimum Gasteiger partial charge on any atom is -0.195 e. The molecule has 0 saturated heterocycles. The minimum absolute atomic E-state index is 0.298. The van der Waals surface area contributed by atoms with Gasteiger partial charge in [0.25, 0.3) is 10.2 Å². The van der Waals surface area contributed by atoms with Crippen LogP contribution in [0.25, 0.3) is 0 Å². The van der Waals surface area contributed by atoms with E-state index in [0.29, 0.717) is 13.1 Å². The molecule has 0 unspecified atom stereocenters. The maximum Gasteiger partial charge on any atom is 0.282 e. The van der Waals surface area contributed by atoms with Crippen molar-refractivity contribution in [2.45, 2.75) is 0 Å². The van der Waals surface area contributed by atoms with E-state index in [1.54, 1.807) is 12.2 Å². The highest BCUT2D eigenvalue weighted by Crippen LogP contribution is 2.03. The molecule has 0 amide bonds. The summed E-state index contributed by atoms with van der Waals surface area (Å²) in [6.45, 7) is 7.59. The van der Waals surface area contributed by atoms with Crippen molar-refractivity contribution in [2.75, 3.05) is 27.2 Å². The standard InChI is InChI=1S/C8H16N2O2S/c1-5-7-10(8-6-2)13(11,12)9(3)4/h5-6H,1-2,7-8H2,3-4H3. The van der Waals surface area contributed by atoms with Gasteiger partial charge in [-0.1, -0.05) is 12.2 Å². The van der Waals surface area contributed by atoms with Gasteiger partial charge in [0.15, 0.2) is 0 Å². The first-order chi connectivity index (χ1) is 5.96. The third kappa shape index (κ3) is 3.30. The predicted molar refractivity (Wildman–Crippen MR) is 54.6 cm³/mol. The maximum absolute atomic E-state index is 11.6. The molecule has 0 aliphatic carbocycles. The summed E-state index contributed by atoms with van der Waals surface area (Å²) < 4.78 is 25.6. The average molecular weight is 204 g/mol. The topological polar surface area (TPSA) is 40.6 Å². The van der Waals surface area contributed by atoms with E-state index in [1.165, 1.54) is 22.7 Å². The van der Waals surface area contributed by atoms with Crippen LogP contribution >= 0.6 is 0 Å². The fraction of sp³-hybridized carbons (Fsp3) is 0.500. The van der Waals surface area contributed by atoms with Crippen molar-refractivity contribution >= 4 is 10.2 Å². The third-order valence-corrected chi connectivity index (χ3v) is 3.33. The van der Waals surface area contributed by atoms with Crippen molar-refractivity contribution in [2.24, 2.45) is 0 Å². The van der Waals surface area contributed by atoms with Crippen LogP contribution in [0.4, 0.5) is 0 Å². The molecule has 0 bridgehead atoms. The Bertz CT molecular complexity index is 260. The molecule has 13 heavy (non-hydrogen) atoms. The molecule has 0 fully saturated rings. The van der Waals surface area contributed by atoms with Crippen LogP contribution in [0.1, 0.15) is 0 Å². The van der Waals surface area contributed by atoms with Gasteiger partial charge in [0.2, 0.25) is 0 Å². The Labute approximate surface area is 80.3 Å². The van der Waals surface area contributed by atoms with Crippen LogP contribution in [-0.2, 0) is 10.2 Å². The summed E-state index contributed by atoms with van der Waals surface area (Å²) in [6, 6.07) is 0. The van der Waals surface area contributed by atoms with Gasteiger partial charge in [-0.05, 0) is 0 Å². The second kappa shape index (κ2) is 5.16. The maximum atomic E-state index is 11.6. The van der Waals surface area contributed by atoms with Crippen LogP contribution in [0, 0.1) is 0 Å². The van der Waals surface area contributed by atoms with E-state index in [0.717, 1.165) is 0 Å². The lowest BCUT2D eigenvalue weighted by atomic mass is 10.5. The number of rotatable bonds is 6. The fourth-order valence-corrected chi connectivity index (χ4v) is 1.83. The first-order valence-electron chi connectivity index (χ1n) is 3.86. The molecule has 0 aliphatic heterocycles. The molecular weight excluding hydrogens is 188 g/mol. The van der Waals surface area contributed by atoms with Crippen LogP contribution in [0.5, 0.6) is 0 Å². The molecule has 0 saturated carbocycles. The second-order valence-corrected chi connectivity index (χ2v) is 4.83. The molecule has 4 nitrogen and oxygen atoms in total. The molecule has 5 heteroatoms. The van der Waals surface area contributed by atoms with Gasteiger partial charge in [-0.3, -0.25) is 0 Å². The summed E-state index contributed by atoms with van der Waals surface area (Å²) in [7, 11) is -0.350. The second-order valence-electron chi connectivity index (χ2n) is 2.68. The summed E-state index contributed by atoms with van der Waals surface area (Å²) in [5, 5.41) is 0. The highest BCUT2D eigenvalue weighted by Gasteiger charge is 2.21. The van der Waals surface area contributed by atoms with Crippen molar-refractivity contribution in [3.8, 4) is 0 Å². The van der Waals surface area contributed by atoms with Crippen LogP contribution < -0.4 is 0 Å². The first kappa shape index (κ1) is 12.3. The smallest absolute Gasteiger partial charge is 0.195 e. The van der Waals surface area contributed by atoms with Crippen molar-refractivity contribution < 1.29 is 8.42 Å². The van der Waals surface area contributed by atoms with Gasteiger partial charge in [0, 0.05) is 27.2 Å². The van der Waals surface area contributed by atoms with Crippen molar-refractivity contribution in [1.29, 1.82) is 0 Å². The van der Waals surface area contributed by atoms with Crippen molar-refractivity contribution in [3.05, 3.63) is 25.3 Å². The van der Waals surface area contributed by atoms with Gasteiger partial charge in [0.1, 0.15) is 0 Å². The molecule has 0 aromatic rings. The Morgan fingerprint density at radius 1 is 1.15 bits per heavy atom. The van der Waals surface area contributed by atoms with Crippen molar-refractivity contribution in [3.63, 3.8) is 0 Å². The highest BCUT2D eigenvalue weighted by atomic mass is 32.2. The van der Waals surface area contributed by atoms with Crippen LogP contribution in [0.15, 0.2) is 25.3 Å². The lowest BCUT2D eigenvalue weighted by molar-refractivity contribution is 0.419. The summed E-state index contributed by atoms with van der Waals surface area (Å²) >= 11 is 0. The van der Waals surface area contributed by atoms with Gasteiger partial charge < -0.3 is 0 Å². The van der Waals surface area contributed by atoms with E-state index >= 15 is 0 Å². The molecule has 0 atom stereocenters. The highest BCUT2D eigenvalue weighted by molar-refractivity contribution is 7.86. The fourth-order valence-electron chi connectivity index (χ4n) is 0.782. The SMILES string of the molecule is C=CCN(CC=C)S(=O)(=O)N(C)C. The molecular formula is C8H16N2O2S. The molecule has 0 heterocycles. The quantitative estimate of drug-likeness (QED) is 0.590. The molecule has 0 N–H and O–H groups in total. The van der Waals surface area contributed by atoms with Gasteiger partial charge in [-0.25, -0.2) is 0 Å². The first-order valence-corrected chi connectivity index (χ1v) is 5.26. The predicted octanol–water partition coefficient (Wildman–Crippen LogP) is 0.467. The summed E-state index contributed by atoms with van der Waals surface area (Å²) in [4.78, 5) is 0. The van der Waals surface area contributed by atoms with E-state index in [9.17, 15) is 8.42 Å². The molecule has 0 aromatic carbocycles. The molecule has 0 rings (SSSR count). The van der Waals surface area contributed by atoms with Crippen LogP contribution in [-0.4, -0.2) is 44.2 Å². The molecule has 0 spiro atoms. The normalized spacial score (nSPS) is 12.0. The Morgan fingerprint density at radius 2 is 1.54 bits per heavy atom. The Morgan fingerprint density at radius 3 is 1.77 bits per heavy atom. The van der Waals surface area contributed by atoms with E-state index in [1.807, 2.05) is 0 Å². The Balaban J connectivity index is 4.71. The minimum atomic E-state index is -3.34. The zero-order chi connectivity index (χ0) is 10.5. The van der Waals surface area contributed by atoms with Crippen LogP contribution in [0.3, 0.4) is 0 Å². The van der Waals surface area contributed by atoms with Gasteiger partial charge in [-0.15, -0.1) is 13.2 Å². The number of nitrogens with zero attached hydrogens (tertiary/aromatic N) is 2. The van der Waals surface area contributed by atoms with Gasteiger partial charge in [0.05, 0.1) is 0 Å². The van der Waals surface area contributed by atoms with E-state index in [2.05, 4.69) is 13.2 Å². The summed E-state index contributed by atoms with van der Waals surface area (Å²) in [5.74, 6) is 0. The molecule has 0 aliphatic rings. The van der Waals surface area contributed by atoms with E-state index in [-0.39, 0.29) is 0 Å². The monoisotopic (exact) mass is 204 g/mol. The molecule has 0 aromatic heterocycles. The zero-order valence-corrected chi connectivity index (χ0v) is 8.92.